The molecule has 1 rings (SSSR count). The van der Waals surface area contributed by atoms with Crippen LogP contribution in [0.3, 0.4) is 0 Å². The lowest BCUT2D eigenvalue weighted by molar-refractivity contribution is -0.159. The predicted octanol–water partition coefficient (Wildman–Crippen LogP) is 3.88. The summed E-state index contributed by atoms with van der Waals surface area (Å²) in [6.07, 6.45) is 0.429. The zero-order valence-electron chi connectivity index (χ0n) is 12.1. The number of benzene rings is 1. The molecule has 1 atom stereocenters. The molecular weight excluding hydrogens is 340 g/mol. The summed E-state index contributed by atoms with van der Waals surface area (Å²) in [6.45, 7) is 5.54. The van der Waals surface area contributed by atoms with E-state index in [1.54, 1.807) is 11.8 Å². The van der Waals surface area contributed by atoms with Crippen molar-refractivity contribution in [3.63, 3.8) is 0 Å². The summed E-state index contributed by atoms with van der Waals surface area (Å²) in [5.41, 5.74) is -0.493. The largest absolute Gasteiger partial charge is 0.460 e. The number of thioether (sulfide) groups is 1. The first-order valence-corrected chi connectivity index (χ1v) is 8.32. The van der Waals surface area contributed by atoms with E-state index in [9.17, 15) is 4.79 Å². The van der Waals surface area contributed by atoms with Crippen molar-refractivity contribution in [1.82, 2.24) is 0 Å². The fourth-order valence-corrected chi connectivity index (χ4v) is 2.83. The first kappa shape index (κ1) is 17.5. The molecule has 3 nitrogen and oxygen atoms in total. The third-order valence-electron chi connectivity index (χ3n) is 2.48. The predicted molar refractivity (Wildman–Crippen MR) is 85.9 cm³/mol. The molecule has 1 aromatic rings. The number of rotatable bonds is 6. The molecule has 0 radical (unpaired) electrons. The van der Waals surface area contributed by atoms with E-state index < -0.39 is 5.60 Å². The Labute approximate surface area is 133 Å². The summed E-state index contributed by atoms with van der Waals surface area (Å²) in [4.78, 5) is 13.2. The van der Waals surface area contributed by atoms with Crippen LogP contribution in [0.2, 0.25) is 0 Å². The SMILES string of the molecule is CC(C)(C)OC(=O)C(CCO)CSc1ccc(Br)cc1. The maximum absolute atomic E-state index is 12.1. The van der Waals surface area contributed by atoms with Gasteiger partial charge in [0.1, 0.15) is 5.60 Å². The van der Waals surface area contributed by atoms with E-state index in [0.29, 0.717) is 12.2 Å². The van der Waals surface area contributed by atoms with Gasteiger partial charge < -0.3 is 9.84 Å². The quantitative estimate of drug-likeness (QED) is 0.617. The molecule has 0 saturated heterocycles. The molecule has 0 saturated carbocycles. The molecule has 112 valence electrons. The van der Waals surface area contributed by atoms with Gasteiger partial charge in [0.25, 0.3) is 0 Å². The van der Waals surface area contributed by atoms with Gasteiger partial charge in [0.05, 0.1) is 5.92 Å². The molecule has 5 heteroatoms. The molecule has 20 heavy (non-hydrogen) atoms. The topological polar surface area (TPSA) is 46.5 Å². The Balaban J connectivity index is 2.58. The van der Waals surface area contributed by atoms with Crippen molar-refractivity contribution in [2.45, 2.75) is 37.7 Å². The van der Waals surface area contributed by atoms with Gasteiger partial charge in [-0.2, -0.15) is 0 Å². The Morgan fingerprint density at radius 3 is 2.45 bits per heavy atom. The minimum Gasteiger partial charge on any atom is -0.460 e. The number of aliphatic hydroxyl groups is 1. The van der Waals surface area contributed by atoms with Gasteiger partial charge in [-0.1, -0.05) is 15.9 Å². The van der Waals surface area contributed by atoms with Gasteiger partial charge in [-0.05, 0) is 51.5 Å². The van der Waals surface area contributed by atoms with Crippen molar-refractivity contribution in [2.75, 3.05) is 12.4 Å². The van der Waals surface area contributed by atoms with Crippen molar-refractivity contribution < 1.29 is 14.6 Å². The highest BCUT2D eigenvalue weighted by Gasteiger charge is 2.24. The van der Waals surface area contributed by atoms with Gasteiger partial charge in [0, 0.05) is 21.7 Å². The van der Waals surface area contributed by atoms with Crippen LogP contribution in [0.4, 0.5) is 0 Å². The molecule has 0 aliphatic heterocycles. The minimum atomic E-state index is -0.493. The number of carbonyl (C=O) groups excluding carboxylic acids is 1. The summed E-state index contributed by atoms with van der Waals surface area (Å²) >= 11 is 4.99. The summed E-state index contributed by atoms with van der Waals surface area (Å²) in [7, 11) is 0. The minimum absolute atomic E-state index is 0.00912. The molecule has 1 aromatic carbocycles. The van der Waals surface area contributed by atoms with Crippen molar-refractivity contribution in [1.29, 1.82) is 0 Å². The van der Waals surface area contributed by atoms with Crippen molar-refractivity contribution in [3.05, 3.63) is 28.7 Å². The molecular formula is C15H21BrO3S. The standard InChI is InChI=1S/C15H21BrO3S/c1-15(2,3)19-14(18)11(8-9-17)10-20-13-6-4-12(16)5-7-13/h4-7,11,17H,8-10H2,1-3H3. The molecule has 0 spiro atoms. The Morgan fingerprint density at radius 2 is 1.95 bits per heavy atom. The number of aliphatic hydroxyl groups excluding tert-OH is 1. The van der Waals surface area contributed by atoms with Crippen LogP contribution in [0.25, 0.3) is 0 Å². The lowest BCUT2D eigenvalue weighted by Gasteiger charge is -2.23. The average molecular weight is 361 g/mol. The fourth-order valence-electron chi connectivity index (χ4n) is 1.54. The maximum Gasteiger partial charge on any atom is 0.310 e. The van der Waals surface area contributed by atoms with Crippen LogP contribution in [0, 0.1) is 5.92 Å². The summed E-state index contributed by atoms with van der Waals surface area (Å²) in [5.74, 6) is 0.0842. The van der Waals surface area contributed by atoms with E-state index in [4.69, 9.17) is 9.84 Å². The third kappa shape index (κ3) is 6.77. The van der Waals surface area contributed by atoms with E-state index in [0.717, 1.165) is 9.37 Å². The van der Waals surface area contributed by atoms with E-state index in [2.05, 4.69) is 15.9 Å². The Morgan fingerprint density at radius 1 is 1.35 bits per heavy atom. The Kier molecular flexibility index (Phi) is 7.06. The average Bonchev–Trinajstić information content (AvgIpc) is 2.34. The van der Waals surface area contributed by atoms with Gasteiger partial charge in [-0.25, -0.2) is 0 Å². The van der Waals surface area contributed by atoms with E-state index >= 15 is 0 Å². The molecule has 0 bridgehead atoms. The van der Waals surface area contributed by atoms with Crippen LogP contribution in [0.5, 0.6) is 0 Å². The highest BCUT2D eigenvalue weighted by atomic mass is 79.9. The van der Waals surface area contributed by atoms with E-state index in [-0.39, 0.29) is 18.5 Å². The molecule has 0 aromatic heterocycles. The van der Waals surface area contributed by atoms with Gasteiger partial charge in [0.15, 0.2) is 0 Å². The number of halogens is 1. The van der Waals surface area contributed by atoms with Crippen molar-refractivity contribution in [2.24, 2.45) is 5.92 Å². The monoisotopic (exact) mass is 360 g/mol. The van der Waals surface area contributed by atoms with Crippen LogP contribution >= 0.6 is 27.7 Å². The maximum atomic E-state index is 12.1. The second-order valence-electron chi connectivity index (χ2n) is 5.51. The van der Waals surface area contributed by atoms with Crippen molar-refractivity contribution >= 4 is 33.7 Å². The van der Waals surface area contributed by atoms with Gasteiger partial charge in [-0.15, -0.1) is 11.8 Å². The first-order chi connectivity index (χ1) is 9.31. The third-order valence-corrected chi connectivity index (χ3v) is 4.19. The second-order valence-corrected chi connectivity index (χ2v) is 7.52. The molecule has 0 aliphatic carbocycles. The van der Waals surface area contributed by atoms with Crippen LogP contribution in [0.15, 0.2) is 33.6 Å². The zero-order valence-corrected chi connectivity index (χ0v) is 14.5. The molecule has 1 unspecified atom stereocenters. The smallest absolute Gasteiger partial charge is 0.310 e. The Bertz CT molecular complexity index is 426. The van der Waals surface area contributed by atoms with E-state index in [1.807, 2.05) is 45.0 Å². The van der Waals surface area contributed by atoms with Crippen LogP contribution in [0.1, 0.15) is 27.2 Å². The number of esters is 1. The number of hydrogen-bond donors (Lipinski definition) is 1. The van der Waals surface area contributed by atoms with Gasteiger partial charge >= 0.3 is 5.97 Å². The lowest BCUT2D eigenvalue weighted by Crippen LogP contribution is -2.30. The molecule has 0 heterocycles. The molecule has 1 N–H and O–H groups in total. The van der Waals surface area contributed by atoms with Crippen LogP contribution in [-0.2, 0) is 9.53 Å². The van der Waals surface area contributed by atoms with Gasteiger partial charge in [-0.3, -0.25) is 4.79 Å². The van der Waals surface area contributed by atoms with Crippen LogP contribution < -0.4 is 0 Å². The van der Waals surface area contributed by atoms with Gasteiger partial charge in [0.2, 0.25) is 0 Å². The molecule has 0 aliphatic rings. The highest BCUT2D eigenvalue weighted by Crippen LogP contribution is 2.25. The first-order valence-electron chi connectivity index (χ1n) is 6.54. The Hall–Kier alpha value is -0.520. The normalized spacial score (nSPS) is 13.1. The number of ether oxygens (including phenoxy) is 1. The van der Waals surface area contributed by atoms with E-state index in [1.165, 1.54) is 0 Å². The highest BCUT2D eigenvalue weighted by molar-refractivity contribution is 9.10. The fraction of sp³-hybridized carbons (Fsp3) is 0.533. The molecule has 0 amide bonds. The second kappa shape index (κ2) is 8.05. The number of hydrogen-bond acceptors (Lipinski definition) is 4. The zero-order chi connectivity index (χ0) is 15.2. The summed E-state index contributed by atoms with van der Waals surface area (Å²) in [5, 5.41) is 9.09. The van der Waals surface area contributed by atoms with Crippen LogP contribution in [-0.4, -0.2) is 29.0 Å². The lowest BCUT2D eigenvalue weighted by atomic mass is 10.1. The summed E-state index contributed by atoms with van der Waals surface area (Å²) < 4.78 is 6.42. The van der Waals surface area contributed by atoms with Crippen molar-refractivity contribution in [3.8, 4) is 0 Å². The molecule has 0 fully saturated rings. The summed E-state index contributed by atoms with van der Waals surface area (Å²) in [6, 6.07) is 7.94. The number of carbonyl (C=O) groups is 1.